The summed E-state index contributed by atoms with van der Waals surface area (Å²) in [6.07, 6.45) is 3.49. The molecular formula is C16H21Cl2N3O3S2. The van der Waals surface area contributed by atoms with E-state index in [1.807, 2.05) is 6.92 Å². The summed E-state index contributed by atoms with van der Waals surface area (Å²) in [5.41, 5.74) is -0.822. The minimum absolute atomic E-state index is 0.0826. The second kappa shape index (κ2) is 9.41. The lowest BCUT2D eigenvalue weighted by molar-refractivity contribution is 0.0398. The lowest BCUT2D eigenvalue weighted by Gasteiger charge is -2.29. The lowest BCUT2D eigenvalue weighted by atomic mass is 9.95. The van der Waals surface area contributed by atoms with Crippen LogP contribution in [0.1, 0.15) is 18.9 Å². The van der Waals surface area contributed by atoms with E-state index in [-0.39, 0.29) is 23.8 Å². The van der Waals surface area contributed by atoms with Crippen LogP contribution in [0.15, 0.2) is 30.9 Å². The van der Waals surface area contributed by atoms with Crippen LogP contribution in [0.5, 0.6) is 0 Å². The SMILES string of the molecule is CCCS(=O)(=O)CCSCC(O)(Cn1cncn1)c1ccc(Cl)cc1Cl. The standard InChI is InChI=1S/C16H21Cl2N3O3S2/c1-2-6-26(23,24)7-5-25-10-16(22,9-21-12-19-11-20-21)14-4-3-13(17)8-15(14)18/h3-4,8,11-12,22H,2,5-7,9-10H2,1H3. The van der Waals surface area contributed by atoms with Crippen LogP contribution >= 0.6 is 35.0 Å². The van der Waals surface area contributed by atoms with E-state index in [9.17, 15) is 13.5 Å². The number of benzene rings is 1. The molecule has 0 amide bonds. The molecule has 1 heterocycles. The molecule has 0 spiro atoms. The average Bonchev–Trinajstić information content (AvgIpc) is 3.04. The molecule has 0 fully saturated rings. The van der Waals surface area contributed by atoms with Gasteiger partial charge in [-0.3, -0.25) is 0 Å². The van der Waals surface area contributed by atoms with Gasteiger partial charge in [-0.1, -0.05) is 36.2 Å². The minimum Gasteiger partial charge on any atom is -0.382 e. The highest BCUT2D eigenvalue weighted by Gasteiger charge is 2.32. The van der Waals surface area contributed by atoms with Crippen molar-refractivity contribution in [3.05, 3.63) is 46.5 Å². The highest BCUT2D eigenvalue weighted by Crippen LogP contribution is 2.34. The molecule has 1 aromatic heterocycles. The maximum atomic E-state index is 11.8. The first-order valence-electron chi connectivity index (χ1n) is 8.04. The Morgan fingerprint density at radius 1 is 1.31 bits per heavy atom. The van der Waals surface area contributed by atoms with E-state index < -0.39 is 15.4 Å². The van der Waals surface area contributed by atoms with Crippen LogP contribution in [-0.4, -0.2) is 51.3 Å². The molecule has 0 saturated carbocycles. The number of halogens is 2. The van der Waals surface area contributed by atoms with Crippen LogP contribution in [0.4, 0.5) is 0 Å². The van der Waals surface area contributed by atoms with Crippen LogP contribution < -0.4 is 0 Å². The zero-order chi connectivity index (χ0) is 19.2. The van der Waals surface area contributed by atoms with Gasteiger partial charge in [0.2, 0.25) is 0 Å². The Morgan fingerprint density at radius 3 is 2.69 bits per heavy atom. The Hall–Kier alpha value is -0.800. The molecular weight excluding hydrogens is 417 g/mol. The number of nitrogens with zero attached hydrogens (tertiary/aromatic N) is 3. The predicted octanol–water partition coefficient (Wildman–Crippen LogP) is 3.03. The quantitative estimate of drug-likeness (QED) is 0.574. The van der Waals surface area contributed by atoms with Gasteiger partial charge in [0.05, 0.1) is 12.3 Å². The maximum absolute atomic E-state index is 11.8. The van der Waals surface area contributed by atoms with Crippen molar-refractivity contribution in [3.63, 3.8) is 0 Å². The fraction of sp³-hybridized carbons (Fsp3) is 0.500. The van der Waals surface area contributed by atoms with Crippen molar-refractivity contribution in [3.8, 4) is 0 Å². The first-order valence-corrected chi connectivity index (χ1v) is 11.8. The fourth-order valence-electron chi connectivity index (χ4n) is 2.50. The molecule has 1 unspecified atom stereocenters. The third kappa shape index (κ3) is 6.13. The number of sulfone groups is 1. The number of thioether (sulfide) groups is 1. The van der Waals surface area contributed by atoms with E-state index in [4.69, 9.17) is 23.2 Å². The summed E-state index contributed by atoms with van der Waals surface area (Å²) in [6, 6.07) is 4.91. The summed E-state index contributed by atoms with van der Waals surface area (Å²) in [5.74, 6) is 0.919. The smallest absolute Gasteiger partial charge is 0.151 e. The molecule has 0 saturated heterocycles. The molecule has 0 radical (unpaired) electrons. The van der Waals surface area contributed by atoms with Crippen molar-refractivity contribution in [1.82, 2.24) is 14.8 Å². The van der Waals surface area contributed by atoms with Gasteiger partial charge in [-0.15, -0.1) is 0 Å². The van der Waals surface area contributed by atoms with Crippen molar-refractivity contribution in [2.75, 3.05) is 23.0 Å². The Morgan fingerprint density at radius 2 is 2.08 bits per heavy atom. The monoisotopic (exact) mass is 437 g/mol. The number of hydrogen-bond acceptors (Lipinski definition) is 6. The van der Waals surface area contributed by atoms with Gasteiger partial charge in [0.15, 0.2) is 9.84 Å². The van der Waals surface area contributed by atoms with Gasteiger partial charge in [-0.2, -0.15) is 16.9 Å². The molecule has 2 aromatic rings. The van der Waals surface area contributed by atoms with Gasteiger partial charge < -0.3 is 5.11 Å². The minimum atomic E-state index is -3.05. The number of aromatic nitrogens is 3. The highest BCUT2D eigenvalue weighted by atomic mass is 35.5. The normalized spacial score (nSPS) is 14.3. The lowest BCUT2D eigenvalue weighted by Crippen LogP contribution is -2.35. The predicted molar refractivity (Wildman–Crippen MR) is 107 cm³/mol. The zero-order valence-corrected chi connectivity index (χ0v) is 17.5. The van der Waals surface area contributed by atoms with E-state index in [0.29, 0.717) is 27.8 Å². The van der Waals surface area contributed by atoms with Gasteiger partial charge in [0.1, 0.15) is 18.3 Å². The van der Waals surface area contributed by atoms with E-state index in [0.717, 1.165) is 0 Å². The molecule has 2 rings (SSSR count). The van der Waals surface area contributed by atoms with Crippen LogP contribution in [0.3, 0.4) is 0 Å². The van der Waals surface area contributed by atoms with Gasteiger partial charge in [0, 0.05) is 32.9 Å². The average molecular weight is 438 g/mol. The van der Waals surface area contributed by atoms with E-state index >= 15 is 0 Å². The van der Waals surface area contributed by atoms with Crippen molar-refractivity contribution in [1.29, 1.82) is 0 Å². The van der Waals surface area contributed by atoms with E-state index in [1.54, 1.807) is 18.2 Å². The molecule has 10 heteroatoms. The van der Waals surface area contributed by atoms with Crippen LogP contribution in [0, 0.1) is 0 Å². The van der Waals surface area contributed by atoms with Crippen molar-refractivity contribution >= 4 is 44.8 Å². The molecule has 0 aliphatic carbocycles. The second-order valence-electron chi connectivity index (χ2n) is 5.95. The molecule has 6 nitrogen and oxygen atoms in total. The summed E-state index contributed by atoms with van der Waals surface area (Å²) in [6.45, 7) is 1.98. The van der Waals surface area contributed by atoms with Crippen molar-refractivity contribution < 1.29 is 13.5 Å². The van der Waals surface area contributed by atoms with Crippen LogP contribution in [0.25, 0.3) is 0 Å². The third-order valence-corrected chi connectivity index (χ3v) is 7.55. The summed E-state index contributed by atoms with van der Waals surface area (Å²) in [5, 5.41) is 16.1. The van der Waals surface area contributed by atoms with Gasteiger partial charge >= 0.3 is 0 Å². The Kier molecular flexibility index (Phi) is 7.78. The molecule has 1 aromatic carbocycles. The number of aliphatic hydroxyl groups is 1. The van der Waals surface area contributed by atoms with Gasteiger partial charge in [-0.05, 0) is 18.6 Å². The summed E-state index contributed by atoms with van der Waals surface area (Å²) < 4.78 is 25.2. The summed E-state index contributed by atoms with van der Waals surface area (Å²) in [7, 11) is -3.05. The topological polar surface area (TPSA) is 85.1 Å². The van der Waals surface area contributed by atoms with Crippen LogP contribution in [0.2, 0.25) is 10.0 Å². The Bertz CT molecular complexity index is 816. The molecule has 1 atom stereocenters. The van der Waals surface area contributed by atoms with Gasteiger partial charge in [0.25, 0.3) is 0 Å². The first-order chi connectivity index (χ1) is 12.3. The molecule has 1 N–H and O–H groups in total. The number of hydrogen-bond donors (Lipinski definition) is 1. The fourth-order valence-corrected chi connectivity index (χ4v) is 6.12. The van der Waals surface area contributed by atoms with E-state index in [1.165, 1.54) is 29.1 Å². The molecule has 144 valence electrons. The second-order valence-corrected chi connectivity index (χ2v) is 10.2. The maximum Gasteiger partial charge on any atom is 0.151 e. The Balaban J connectivity index is 2.13. The molecule has 0 aliphatic heterocycles. The molecule has 0 aliphatic rings. The zero-order valence-electron chi connectivity index (χ0n) is 14.3. The first kappa shape index (κ1) is 21.5. The largest absolute Gasteiger partial charge is 0.382 e. The molecule has 0 bridgehead atoms. The highest BCUT2D eigenvalue weighted by molar-refractivity contribution is 8.00. The summed E-state index contributed by atoms with van der Waals surface area (Å²) in [4.78, 5) is 3.89. The van der Waals surface area contributed by atoms with Crippen molar-refractivity contribution in [2.45, 2.75) is 25.5 Å². The third-order valence-electron chi connectivity index (χ3n) is 3.72. The van der Waals surface area contributed by atoms with Crippen molar-refractivity contribution in [2.24, 2.45) is 0 Å². The van der Waals surface area contributed by atoms with Gasteiger partial charge in [-0.25, -0.2) is 18.1 Å². The van der Waals surface area contributed by atoms with E-state index in [2.05, 4.69) is 10.1 Å². The number of rotatable bonds is 10. The Labute approximate surface area is 167 Å². The summed E-state index contributed by atoms with van der Waals surface area (Å²) >= 11 is 13.6. The molecule has 26 heavy (non-hydrogen) atoms. The van der Waals surface area contributed by atoms with Crippen LogP contribution in [-0.2, 0) is 22.0 Å².